The van der Waals surface area contributed by atoms with E-state index in [-0.39, 0.29) is 11.8 Å². The number of ether oxygens (including phenoxy) is 1. The van der Waals surface area contributed by atoms with Gasteiger partial charge in [-0.05, 0) is 42.7 Å². The standard InChI is InChI=1S/C21H28N4O2/c1-24-13-15(21(26)25(2)23-8-5-9-27-3)10-17-16-6-4-7-18-20(16)14(12-22-18)11-19(17)24/h4,6-7,10,12,15,19,22-23H,5,8-9,11,13H2,1-3H3. The number of hydrogen-bond acceptors (Lipinski definition) is 4. The van der Waals surface area contributed by atoms with E-state index in [4.69, 9.17) is 4.74 Å². The molecular weight excluding hydrogens is 340 g/mol. The van der Waals surface area contributed by atoms with Crippen LogP contribution in [0, 0.1) is 5.92 Å². The normalized spacial score (nSPS) is 21.8. The number of carbonyl (C=O) groups is 1. The molecule has 2 aromatic rings. The molecule has 0 saturated heterocycles. The maximum atomic E-state index is 13.0. The highest BCUT2D eigenvalue weighted by atomic mass is 16.5. The van der Waals surface area contributed by atoms with Crippen molar-refractivity contribution in [2.24, 2.45) is 5.92 Å². The Morgan fingerprint density at radius 3 is 3.11 bits per heavy atom. The van der Waals surface area contributed by atoms with Gasteiger partial charge in [-0.3, -0.25) is 14.7 Å². The maximum Gasteiger partial charge on any atom is 0.244 e. The molecular formula is C21H28N4O2. The van der Waals surface area contributed by atoms with Gasteiger partial charge in [-0.1, -0.05) is 18.2 Å². The van der Waals surface area contributed by atoms with Crippen LogP contribution in [-0.2, 0) is 16.0 Å². The van der Waals surface area contributed by atoms with Crippen molar-refractivity contribution in [2.45, 2.75) is 18.9 Å². The van der Waals surface area contributed by atoms with Crippen LogP contribution in [0.25, 0.3) is 16.5 Å². The Morgan fingerprint density at radius 2 is 2.30 bits per heavy atom. The fourth-order valence-electron chi connectivity index (χ4n) is 4.40. The van der Waals surface area contributed by atoms with Gasteiger partial charge in [0, 0.05) is 57.0 Å². The van der Waals surface area contributed by atoms with E-state index in [1.807, 2.05) is 7.05 Å². The number of hydrogen-bond donors (Lipinski definition) is 2. The Labute approximate surface area is 160 Å². The van der Waals surface area contributed by atoms with Gasteiger partial charge in [-0.25, -0.2) is 5.43 Å². The summed E-state index contributed by atoms with van der Waals surface area (Å²) in [4.78, 5) is 18.7. The second kappa shape index (κ2) is 7.46. The number of benzene rings is 1. The predicted octanol–water partition coefficient (Wildman–Crippen LogP) is 2.04. The highest BCUT2D eigenvalue weighted by Crippen LogP contribution is 2.40. The number of aromatic amines is 1. The lowest BCUT2D eigenvalue weighted by Gasteiger charge is -2.40. The molecule has 2 atom stereocenters. The highest BCUT2D eigenvalue weighted by molar-refractivity contribution is 5.99. The first kappa shape index (κ1) is 18.2. The summed E-state index contributed by atoms with van der Waals surface area (Å²) >= 11 is 0. The van der Waals surface area contributed by atoms with Crippen LogP contribution in [0.15, 0.2) is 30.5 Å². The van der Waals surface area contributed by atoms with Gasteiger partial charge < -0.3 is 9.72 Å². The number of fused-ring (bicyclic) bond motifs is 2. The highest BCUT2D eigenvalue weighted by Gasteiger charge is 2.36. The number of H-pyrrole nitrogens is 1. The first-order valence-electron chi connectivity index (χ1n) is 9.61. The van der Waals surface area contributed by atoms with Crippen molar-refractivity contribution in [1.82, 2.24) is 20.3 Å². The van der Waals surface area contributed by atoms with Crippen molar-refractivity contribution in [3.8, 4) is 0 Å². The SMILES string of the molecule is COCCCNN(C)C(=O)C1C=C2c3cccc4[nH]cc(c34)CC2N(C)C1. The van der Waals surface area contributed by atoms with E-state index in [1.165, 1.54) is 27.6 Å². The minimum Gasteiger partial charge on any atom is -0.385 e. The Bertz CT molecular complexity index is 872. The molecule has 1 amide bonds. The topological polar surface area (TPSA) is 60.6 Å². The van der Waals surface area contributed by atoms with Gasteiger partial charge in [0.25, 0.3) is 0 Å². The fourth-order valence-corrected chi connectivity index (χ4v) is 4.40. The monoisotopic (exact) mass is 368 g/mol. The zero-order chi connectivity index (χ0) is 19.0. The summed E-state index contributed by atoms with van der Waals surface area (Å²) in [5.41, 5.74) is 8.28. The molecule has 0 saturated carbocycles. The van der Waals surface area contributed by atoms with Gasteiger partial charge in [-0.15, -0.1) is 0 Å². The first-order chi connectivity index (χ1) is 13.1. The molecule has 1 aliphatic carbocycles. The van der Waals surface area contributed by atoms with Crippen molar-refractivity contribution in [1.29, 1.82) is 0 Å². The zero-order valence-corrected chi connectivity index (χ0v) is 16.3. The lowest BCUT2D eigenvalue weighted by Crippen LogP contribution is -2.50. The minimum absolute atomic E-state index is 0.109. The smallest absolute Gasteiger partial charge is 0.244 e. The van der Waals surface area contributed by atoms with Gasteiger partial charge in [0.15, 0.2) is 0 Å². The quantitative estimate of drug-likeness (QED) is 0.605. The number of amides is 1. The molecule has 0 fully saturated rings. The number of nitrogens with zero attached hydrogens (tertiary/aromatic N) is 2. The second-order valence-electron chi connectivity index (χ2n) is 7.58. The van der Waals surface area contributed by atoms with Gasteiger partial charge >= 0.3 is 0 Å². The van der Waals surface area contributed by atoms with Crippen LogP contribution in [-0.4, -0.2) is 67.7 Å². The van der Waals surface area contributed by atoms with E-state index in [0.717, 1.165) is 25.9 Å². The summed E-state index contributed by atoms with van der Waals surface area (Å²) in [6.45, 7) is 2.16. The number of methoxy groups -OCH3 is 1. The van der Waals surface area contributed by atoms with Crippen LogP contribution in [0.4, 0.5) is 0 Å². The molecule has 0 spiro atoms. The maximum absolute atomic E-state index is 13.0. The average Bonchev–Trinajstić information content (AvgIpc) is 3.09. The van der Waals surface area contributed by atoms with E-state index in [1.54, 1.807) is 12.1 Å². The largest absolute Gasteiger partial charge is 0.385 e. The predicted molar refractivity (Wildman–Crippen MR) is 107 cm³/mol. The molecule has 1 aromatic carbocycles. The number of aromatic nitrogens is 1. The molecule has 6 nitrogen and oxygen atoms in total. The van der Waals surface area contributed by atoms with Gasteiger partial charge in [-0.2, -0.15) is 0 Å². The minimum atomic E-state index is -0.142. The van der Waals surface area contributed by atoms with Crippen molar-refractivity contribution < 1.29 is 9.53 Å². The van der Waals surface area contributed by atoms with E-state index in [9.17, 15) is 4.79 Å². The number of carbonyl (C=O) groups excluding carboxylic acids is 1. The van der Waals surface area contributed by atoms with E-state index < -0.39 is 0 Å². The molecule has 2 heterocycles. The molecule has 4 rings (SSSR count). The average molecular weight is 368 g/mol. The van der Waals surface area contributed by atoms with Gasteiger partial charge in [0.05, 0.1) is 5.92 Å². The summed E-state index contributed by atoms with van der Waals surface area (Å²) in [6, 6.07) is 6.74. The molecule has 2 unspecified atom stereocenters. The molecule has 27 heavy (non-hydrogen) atoms. The van der Waals surface area contributed by atoms with Crippen LogP contribution >= 0.6 is 0 Å². The molecule has 0 radical (unpaired) electrons. The summed E-state index contributed by atoms with van der Waals surface area (Å²) < 4.78 is 5.06. The van der Waals surface area contributed by atoms with Crippen LogP contribution in [0.3, 0.4) is 0 Å². The van der Waals surface area contributed by atoms with E-state index in [0.29, 0.717) is 12.6 Å². The van der Waals surface area contributed by atoms with Crippen LogP contribution in [0.5, 0.6) is 0 Å². The molecule has 0 bridgehead atoms. The molecule has 1 aromatic heterocycles. The first-order valence-corrected chi connectivity index (χ1v) is 9.61. The lowest BCUT2D eigenvalue weighted by atomic mass is 9.80. The third kappa shape index (κ3) is 3.29. The van der Waals surface area contributed by atoms with Crippen LogP contribution in [0.1, 0.15) is 17.5 Å². The van der Waals surface area contributed by atoms with Crippen LogP contribution in [0.2, 0.25) is 0 Å². The van der Waals surface area contributed by atoms with Crippen molar-refractivity contribution >= 4 is 22.4 Å². The number of nitrogens with one attached hydrogen (secondary N) is 2. The Balaban J connectivity index is 1.59. The molecule has 2 N–H and O–H groups in total. The fraction of sp³-hybridized carbons (Fsp3) is 0.476. The zero-order valence-electron chi connectivity index (χ0n) is 16.3. The Kier molecular flexibility index (Phi) is 5.04. The molecule has 144 valence electrons. The lowest BCUT2D eigenvalue weighted by molar-refractivity contribution is -0.136. The summed E-state index contributed by atoms with van der Waals surface area (Å²) in [7, 11) is 5.63. The van der Waals surface area contributed by atoms with E-state index in [2.05, 4.69) is 52.8 Å². The van der Waals surface area contributed by atoms with Crippen LogP contribution < -0.4 is 5.43 Å². The van der Waals surface area contributed by atoms with Gasteiger partial charge in [0.2, 0.25) is 5.91 Å². The third-order valence-corrected chi connectivity index (χ3v) is 5.79. The van der Waals surface area contributed by atoms with Crippen molar-refractivity contribution in [3.63, 3.8) is 0 Å². The number of rotatable bonds is 6. The summed E-state index contributed by atoms with van der Waals surface area (Å²) in [5, 5.41) is 2.95. The Morgan fingerprint density at radius 1 is 1.44 bits per heavy atom. The van der Waals surface area contributed by atoms with Crippen molar-refractivity contribution in [2.75, 3.05) is 40.9 Å². The molecule has 2 aliphatic rings. The third-order valence-electron chi connectivity index (χ3n) is 5.79. The summed E-state index contributed by atoms with van der Waals surface area (Å²) in [5.74, 6) is -0.0332. The second-order valence-corrected chi connectivity index (χ2v) is 7.58. The Hall–Kier alpha value is -2.15. The number of likely N-dealkylation sites (N-methyl/N-ethyl adjacent to an activating group) is 1. The van der Waals surface area contributed by atoms with E-state index >= 15 is 0 Å². The van der Waals surface area contributed by atoms with Gasteiger partial charge in [0.1, 0.15) is 0 Å². The number of hydrazine groups is 1. The molecule has 1 aliphatic heterocycles. The van der Waals surface area contributed by atoms with Crippen molar-refractivity contribution in [3.05, 3.63) is 41.6 Å². The summed E-state index contributed by atoms with van der Waals surface area (Å²) in [6.07, 6.45) is 6.20. The molecule has 6 heteroatoms.